The third kappa shape index (κ3) is 2.07. The first-order valence-corrected chi connectivity index (χ1v) is 4.37. The minimum Gasteiger partial charge on any atom is -0.476 e. The molecular weight excluding hydrogens is 223 g/mol. The van der Waals surface area contributed by atoms with Crippen LogP contribution in [0.3, 0.4) is 0 Å². The normalized spacial score (nSPS) is 10.9. The molecule has 0 aliphatic rings. The number of rotatable bonds is 2. The molecule has 15 heavy (non-hydrogen) atoms. The summed E-state index contributed by atoms with van der Waals surface area (Å²) in [7, 11) is 0. The fraction of sp³-hybridized carbons (Fsp3) is 0.111. The third-order valence-corrected chi connectivity index (χ3v) is 1.96. The van der Waals surface area contributed by atoms with Gasteiger partial charge in [0.25, 0.3) is 0 Å². The third-order valence-electron chi connectivity index (χ3n) is 1.71. The predicted octanol–water partition coefficient (Wildman–Crippen LogP) is 2.19. The molecule has 0 spiro atoms. The first-order chi connectivity index (χ1) is 6.99. The zero-order valence-electron chi connectivity index (χ0n) is 7.79. The number of pyridine rings is 1. The minimum absolute atomic E-state index is 0.0203. The number of aromatic nitrogens is 1. The van der Waals surface area contributed by atoms with E-state index in [1.807, 2.05) is 0 Å². The Balaban J connectivity index is 3.57. The molecule has 0 saturated carbocycles. The monoisotopic (exact) mass is 230 g/mol. The second-order valence-electron chi connectivity index (χ2n) is 2.70. The molecule has 6 heteroatoms. The Labute approximate surface area is 90.2 Å². The molecule has 4 nitrogen and oxygen atoms in total. The summed E-state index contributed by atoms with van der Waals surface area (Å²) in [6.45, 7) is 1.65. The molecule has 0 atom stereocenters. The van der Waals surface area contributed by atoms with Gasteiger partial charge in [0.15, 0.2) is 16.7 Å². The van der Waals surface area contributed by atoms with Gasteiger partial charge in [0.05, 0.1) is 5.69 Å². The van der Waals surface area contributed by atoms with E-state index < -0.39 is 16.9 Å². The number of allylic oxidation sites excluding steroid dienone is 1. The Bertz CT molecular complexity index is 446. The highest BCUT2D eigenvalue weighted by atomic mass is 35.5. The fourth-order valence-corrected chi connectivity index (χ4v) is 1.25. The van der Waals surface area contributed by atoms with Gasteiger partial charge in [0, 0.05) is 5.56 Å². The standard InChI is InChI=1S/C9H8ClFN2O2/c1-2-3-4-6(12)5(11)8(10)13-7(4)9(14)15/h2-3H,1H3,(H2,12,13)(H,14,15). The lowest BCUT2D eigenvalue weighted by atomic mass is 10.1. The summed E-state index contributed by atoms with van der Waals surface area (Å²) in [5.41, 5.74) is 4.74. The number of nitrogens with two attached hydrogens (primary N) is 1. The number of nitrogen functional groups attached to an aromatic ring is 1. The maximum atomic E-state index is 13.2. The summed E-state index contributed by atoms with van der Waals surface area (Å²) in [5.74, 6) is -2.22. The Kier molecular flexibility index (Phi) is 3.26. The van der Waals surface area contributed by atoms with Crippen LogP contribution in [0.1, 0.15) is 23.0 Å². The lowest BCUT2D eigenvalue weighted by Gasteiger charge is -2.06. The molecule has 0 bridgehead atoms. The fourth-order valence-electron chi connectivity index (χ4n) is 1.06. The van der Waals surface area contributed by atoms with Crippen LogP contribution in [0.5, 0.6) is 0 Å². The Morgan fingerprint density at radius 1 is 1.67 bits per heavy atom. The molecule has 0 unspecified atom stereocenters. The van der Waals surface area contributed by atoms with Crippen molar-refractivity contribution < 1.29 is 14.3 Å². The van der Waals surface area contributed by atoms with Gasteiger partial charge in [-0.25, -0.2) is 14.2 Å². The SMILES string of the molecule is CC=Cc1c(C(=O)O)nc(Cl)c(F)c1N. The first kappa shape index (κ1) is 11.5. The Hall–Kier alpha value is -1.62. The number of carboxylic acids is 1. The molecule has 1 aromatic rings. The number of nitrogens with zero attached hydrogens (tertiary/aromatic N) is 1. The number of carbonyl (C=O) groups is 1. The highest BCUT2D eigenvalue weighted by Crippen LogP contribution is 2.26. The van der Waals surface area contributed by atoms with E-state index in [9.17, 15) is 9.18 Å². The van der Waals surface area contributed by atoms with Crippen LogP contribution in [0.4, 0.5) is 10.1 Å². The van der Waals surface area contributed by atoms with Crippen molar-refractivity contribution in [2.24, 2.45) is 0 Å². The average molecular weight is 231 g/mol. The van der Waals surface area contributed by atoms with E-state index in [4.69, 9.17) is 22.4 Å². The average Bonchev–Trinajstić information content (AvgIpc) is 2.18. The van der Waals surface area contributed by atoms with Crippen LogP contribution in [0.25, 0.3) is 6.08 Å². The molecule has 0 fully saturated rings. The minimum atomic E-state index is -1.31. The second kappa shape index (κ2) is 4.27. The molecule has 0 aliphatic heterocycles. The van der Waals surface area contributed by atoms with Gasteiger partial charge in [0.2, 0.25) is 0 Å². The number of aromatic carboxylic acids is 1. The maximum absolute atomic E-state index is 13.2. The molecule has 3 N–H and O–H groups in total. The van der Waals surface area contributed by atoms with E-state index in [1.54, 1.807) is 6.92 Å². The van der Waals surface area contributed by atoms with Crippen LogP contribution >= 0.6 is 11.6 Å². The van der Waals surface area contributed by atoms with E-state index in [1.165, 1.54) is 12.2 Å². The molecular formula is C9H8ClFN2O2. The van der Waals surface area contributed by atoms with E-state index in [0.29, 0.717) is 0 Å². The molecule has 0 radical (unpaired) electrons. The number of anilines is 1. The summed E-state index contributed by atoms with van der Waals surface area (Å²) in [6.07, 6.45) is 2.90. The van der Waals surface area contributed by atoms with Crippen molar-refractivity contribution in [2.75, 3.05) is 5.73 Å². The quantitative estimate of drug-likeness (QED) is 0.764. The van der Waals surface area contributed by atoms with Crippen LogP contribution in [0, 0.1) is 5.82 Å². The van der Waals surface area contributed by atoms with E-state index in [0.717, 1.165) is 0 Å². The highest BCUT2D eigenvalue weighted by Gasteiger charge is 2.19. The smallest absolute Gasteiger partial charge is 0.355 e. The summed E-state index contributed by atoms with van der Waals surface area (Å²) >= 11 is 5.38. The van der Waals surface area contributed by atoms with Gasteiger partial charge in [-0.05, 0) is 6.92 Å². The van der Waals surface area contributed by atoms with Gasteiger partial charge < -0.3 is 10.8 Å². The summed E-state index contributed by atoms with van der Waals surface area (Å²) in [6, 6.07) is 0. The van der Waals surface area contributed by atoms with Gasteiger partial charge in [-0.3, -0.25) is 0 Å². The summed E-state index contributed by atoms with van der Waals surface area (Å²) in [4.78, 5) is 14.2. The Morgan fingerprint density at radius 2 is 2.27 bits per heavy atom. The highest BCUT2D eigenvalue weighted by molar-refractivity contribution is 6.30. The van der Waals surface area contributed by atoms with E-state index in [2.05, 4.69) is 4.98 Å². The summed E-state index contributed by atoms with van der Waals surface area (Å²) < 4.78 is 13.2. The van der Waals surface area contributed by atoms with Crippen LogP contribution in [0.15, 0.2) is 6.08 Å². The zero-order valence-corrected chi connectivity index (χ0v) is 8.55. The lowest BCUT2D eigenvalue weighted by Crippen LogP contribution is -2.09. The van der Waals surface area contributed by atoms with Crippen molar-refractivity contribution in [2.45, 2.75) is 6.92 Å². The van der Waals surface area contributed by atoms with Crippen molar-refractivity contribution in [1.29, 1.82) is 0 Å². The number of carboxylic acid groups (broad SMARTS) is 1. The van der Waals surface area contributed by atoms with Gasteiger partial charge in [0.1, 0.15) is 0 Å². The van der Waals surface area contributed by atoms with Crippen LogP contribution < -0.4 is 5.73 Å². The molecule has 80 valence electrons. The van der Waals surface area contributed by atoms with Crippen molar-refractivity contribution in [3.63, 3.8) is 0 Å². The number of hydrogen-bond acceptors (Lipinski definition) is 3. The maximum Gasteiger partial charge on any atom is 0.355 e. The van der Waals surface area contributed by atoms with Crippen molar-refractivity contribution in [3.05, 3.63) is 28.3 Å². The van der Waals surface area contributed by atoms with Gasteiger partial charge in [-0.1, -0.05) is 23.8 Å². The number of halogens is 2. The molecule has 1 heterocycles. The van der Waals surface area contributed by atoms with Crippen LogP contribution in [0.2, 0.25) is 5.15 Å². The molecule has 0 aromatic carbocycles. The number of hydrogen-bond donors (Lipinski definition) is 2. The molecule has 0 saturated heterocycles. The summed E-state index contributed by atoms with van der Waals surface area (Å²) in [5, 5.41) is 8.26. The van der Waals surface area contributed by atoms with E-state index >= 15 is 0 Å². The zero-order chi connectivity index (χ0) is 11.6. The van der Waals surface area contributed by atoms with Gasteiger partial charge in [-0.2, -0.15) is 0 Å². The molecule has 0 aliphatic carbocycles. The van der Waals surface area contributed by atoms with Gasteiger partial charge in [-0.15, -0.1) is 0 Å². The molecule has 0 amide bonds. The predicted molar refractivity (Wildman–Crippen MR) is 55.3 cm³/mol. The van der Waals surface area contributed by atoms with Crippen molar-refractivity contribution >= 4 is 29.3 Å². The lowest BCUT2D eigenvalue weighted by molar-refractivity contribution is 0.0690. The van der Waals surface area contributed by atoms with Gasteiger partial charge >= 0.3 is 5.97 Å². The Morgan fingerprint density at radius 3 is 2.73 bits per heavy atom. The van der Waals surface area contributed by atoms with Crippen molar-refractivity contribution in [1.82, 2.24) is 4.98 Å². The van der Waals surface area contributed by atoms with Crippen LogP contribution in [-0.4, -0.2) is 16.1 Å². The van der Waals surface area contributed by atoms with Crippen molar-refractivity contribution in [3.8, 4) is 0 Å². The topological polar surface area (TPSA) is 76.2 Å². The molecule has 1 rings (SSSR count). The molecule has 1 aromatic heterocycles. The largest absolute Gasteiger partial charge is 0.476 e. The van der Waals surface area contributed by atoms with Crippen LogP contribution in [-0.2, 0) is 0 Å². The van der Waals surface area contributed by atoms with E-state index in [-0.39, 0.29) is 16.9 Å². The first-order valence-electron chi connectivity index (χ1n) is 3.99. The second-order valence-corrected chi connectivity index (χ2v) is 3.06.